The van der Waals surface area contributed by atoms with Crippen LogP contribution in [0.4, 0.5) is 0 Å². The van der Waals surface area contributed by atoms with Crippen LogP contribution in [0.3, 0.4) is 0 Å². The fraction of sp³-hybridized carbons (Fsp3) is 0.750. The molecule has 0 radical (unpaired) electrons. The molecule has 0 aromatic heterocycles. The van der Waals surface area contributed by atoms with Crippen LogP contribution < -0.4 is 5.32 Å². The molecular formula is C28H43NO3. The van der Waals surface area contributed by atoms with Crippen molar-refractivity contribution in [2.75, 3.05) is 7.05 Å². The van der Waals surface area contributed by atoms with Gasteiger partial charge in [0.1, 0.15) is 5.75 Å². The third-order valence-corrected chi connectivity index (χ3v) is 9.34. The van der Waals surface area contributed by atoms with Gasteiger partial charge in [-0.2, -0.15) is 0 Å². The summed E-state index contributed by atoms with van der Waals surface area (Å²) in [5.41, 5.74) is 2.94. The number of hydrogen-bond acceptors (Lipinski definition) is 3. The lowest BCUT2D eigenvalue weighted by molar-refractivity contribution is -0.120. The first-order chi connectivity index (χ1) is 15.4. The van der Waals surface area contributed by atoms with Gasteiger partial charge in [-0.05, 0) is 97.3 Å². The number of fused-ring (bicyclic) bond motifs is 5. The smallest absolute Gasteiger partial charge is 0.219 e. The number of phenols is 1. The van der Waals surface area contributed by atoms with E-state index in [0.29, 0.717) is 35.8 Å². The maximum atomic E-state index is 11.3. The molecule has 3 unspecified atom stereocenters. The molecule has 2 fully saturated rings. The molecule has 4 rings (SSSR count). The average Bonchev–Trinajstić information content (AvgIpc) is 3.09. The lowest BCUT2D eigenvalue weighted by Crippen LogP contribution is -2.47. The van der Waals surface area contributed by atoms with E-state index in [0.717, 1.165) is 32.1 Å². The molecular weight excluding hydrogens is 398 g/mol. The Morgan fingerprint density at radius 1 is 1.09 bits per heavy atom. The molecule has 2 saturated carbocycles. The molecule has 178 valence electrons. The van der Waals surface area contributed by atoms with Gasteiger partial charge in [0, 0.05) is 13.5 Å². The number of carbonyl (C=O) groups excluding carboxylic acids is 1. The maximum absolute atomic E-state index is 11.3. The summed E-state index contributed by atoms with van der Waals surface area (Å²) in [6.45, 7) is 2.35. The monoisotopic (exact) mass is 441 g/mol. The molecule has 1 aromatic rings. The second kappa shape index (κ2) is 10.2. The summed E-state index contributed by atoms with van der Waals surface area (Å²) in [6, 6.07) is 6.07. The number of phenolic OH excluding ortho intramolecular Hbond substituents is 1. The minimum Gasteiger partial charge on any atom is -0.508 e. The number of hydrogen-bond donors (Lipinski definition) is 3. The highest BCUT2D eigenvalue weighted by atomic mass is 16.3. The predicted octanol–water partition coefficient (Wildman–Crippen LogP) is 5.70. The fourth-order valence-electron chi connectivity index (χ4n) is 7.56. The van der Waals surface area contributed by atoms with E-state index < -0.39 is 0 Å². The molecule has 0 heterocycles. The van der Waals surface area contributed by atoms with Crippen LogP contribution in [0.15, 0.2) is 18.2 Å². The zero-order valence-electron chi connectivity index (χ0n) is 20.1. The summed E-state index contributed by atoms with van der Waals surface area (Å²) in [5.74, 6) is 3.12. The Balaban J connectivity index is 1.37. The van der Waals surface area contributed by atoms with Crippen molar-refractivity contribution in [3.63, 3.8) is 0 Å². The Kier molecular flexibility index (Phi) is 7.49. The van der Waals surface area contributed by atoms with Crippen LogP contribution >= 0.6 is 0 Å². The number of benzene rings is 1. The van der Waals surface area contributed by atoms with Crippen LogP contribution in [0.5, 0.6) is 5.75 Å². The van der Waals surface area contributed by atoms with Crippen molar-refractivity contribution in [1.82, 2.24) is 5.32 Å². The van der Waals surface area contributed by atoms with E-state index in [4.69, 9.17) is 0 Å². The Bertz CT molecular complexity index is 793. The second-order valence-corrected chi connectivity index (χ2v) is 11.1. The molecule has 1 amide bonds. The average molecular weight is 442 g/mol. The zero-order chi connectivity index (χ0) is 22.7. The Labute approximate surface area is 194 Å². The van der Waals surface area contributed by atoms with Crippen molar-refractivity contribution in [2.24, 2.45) is 23.2 Å². The van der Waals surface area contributed by atoms with Crippen molar-refractivity contribution in [3.05, 3.63) is 29.3 Å². The fourth-order valence-corrected chi connectivity index (χ4v) is 7.56. The Morgan fingerprint density at radius 2 is 1.84 bits per heavy atom. The number of aromatic hydroxyl groups is 1. The lowest BCUT2D eigenvalue weighted by atomic mass is 9.52. The highest BCUT2D eigenvalue weighted by Crippen LogP contribution is 2.62. The van der Waals surface area contributed by atoms with Crippen LogP contribution in [0.2, 0.25) is 0 Å². The van der Waals surface area contributed by atoms with E-state index in [-0.39, 0.29) is 17.4 Å². The quantitative estimate of drug-likeness (QED) is 0.430. The summed E-state index contributed by atoms with van der Waals surface area (Å²) in [7, 11) is 1.71. The van der Waals surface area contributed by atoms with Crippen LogP contribution in [-0.4, -0.2) is 29.3 Å². The van der Waals surface area contributed by atoms with Gasteiger partial charge in [-0.15, -0.1) is 0 Å². The molecule has 0 spiro atoms. The normalized spacial score (nSPS) is 33.3. The van der Waals surface area contributed by atoms with Gasteiger partial charge in [-0.25, -0.2) is 0 Å². The molecule has 0 aliphatic heterocycles. The Morgan fingerprint density at radius 3 is 2.62 bits per heavy atom. The van der Waals surface area contributed by atoms with Crippen LogP contribution in [0, 0.1) is 23.2 Å². The summed E-state index contributed by atoms with van der Waals surface area (Å²) >= 11 is 0. The van der Waals surface area contributed by atoms with E-state index >= 15 is 0 Å². The molecule has 4 heteroatoms. The van der Waals surface area contributed by atoms with Crippen LogP contribution in [-0.2, 0) is 11.2 Å². The van der Waals surface area contributed by atoms with Crippen molar-refractivity contribution in [1.29, 1.82) is 0 Å². The number of aliphatic hydroxyl groups is 1. The molecule has 3 N–H and O–H groups in total. The van der Waals surface area contributed by atoms with Crippen LogP contribution in [0.1, 0.15) is 101 Å². The Hall–Kier alpha value is -1.55. The minimum absolute atomic E-state index is 0.0959. The lowest BCUT2D eigenvalue weighted by Gasteiger charge is -2.53. The molecule has 0 bridgehead atoms. The number of rotatable bonds is 9. The number of amides is 1. The number of nitrogens with one attached hydrogen (secondary N) is 1. The summed E-state index contributed by atoms with van der Waals surface area (Å²) < 4.78 is 0. The van der Waals surface area contributed by atoms with Gasteiger partial charge in [-0.3, -0.25) is 4.79 Å². The number of unbranched alkanes of at least 4 members (excludes halogenated alkanes) is 5. The first-order valence-corrected chi connectivity index (χ1v) is 13.1. The minimum atomic E-state index is -0.134. The van der Waals surface area contributed by atoms with Gasteiger partial charge >= 0.3 is 0 Å². The van der Waals surface area contributed by atoms with Gasteiger partial charge in [0.2, 0.25) is 5.91 Å². The highest BCUT2D eigenvalue weighted by Gasteiger charge is 2.56. The molecule has 0 saturated heterocycles. The van der Waals surface area contributed by atoms with E-state index in [9.17, 15) is 15.0 Å². The van der Waals surface area contributed by atoms with Gasteiger partial charge in [0.25, 0.3) is 0 Å². The third-order valence-electron chi connectivity index (χ3n) is 9.34. The number of carbonyl (C=O) groups is 1. The second-order valence-electron chi connectivity index (χ2n) is 11.1. The summed E-state index contributed by atoms with van der Waals surface area (Å²) in [5, 5.41) is 23.6. The van der Waals surface area contributed by atoms with Crippen LogP contribution in [0.25, 0.3) is 0 Å². The largest absolute Gasteiger partial charge is 0.508 e. The molecule has 3 aliphatic rings. The topological polar surface area (TPSA) is 69.6 Å². The van der Waals surface area contributed by atoms with Gasteiger partial charge in [0.05, 0.1) is 6.10 Å². The first kappa shape index (κ1) is 23.6. The molecule has 6 atom stereocenters. The summed E-state index contributed by atoms with van der Waals surface area (Å²) in [4.78, 5) is 11.3. The van der Waals surface area contributed by atoms with Crippen molar-refractivity contribution in [2.45, 2.75) is 102 Å². The van der Waals surface area contributed by atoms with E-state index in [1.54, 1.807) is 7.05 Å². The first-order valence-electron chi connectivity index (χ1n) is 13.1. The maximum Gasteiger partial charge on any atom is 0.219 e. The standard InChI is InChI=1S/C28H43NO3/c1-28-16-15-23-22-12-11-21(30)18-20(22)17-19(27(23)24(28)13-14-25(28)31)9-7-5-3-4-6-8-10-26(32)29-2/h11-12,18-19,23-25,27,30-31H,3-10,13-17H2,1-2H3,(H,29,32)/t19-,23?,24?,25+,27?,28+/m1/s1. The third kappa shape index (κ3) is 4.71. The van der Waals surface area contributed by atoms with Gasteiger partial charge < -0.3 is 15.5 Å². The number of aliphatic hydroxyl groups excluding tert-OH is 1. The predicted molar refractivity (Wildman–Crippen MR) is 129 cm³/mol. The van der Waals surface area contributed by atoms with E-state index in [1.165, 1.54) is 56.1 Å². The van der Waals surface area contributed by atoms with Gasteiger partial charge in [0.15, 0.2) is 0 Å². The SMILES string of the molecule is CNC(=O)CCCCCCCC[C@@H]1Cc2cc(O)ccc2C2CC[C@@]3(C)C(CC[C@@H]3O)C21. The van der Waals surface area contributed by atoms with Crippen molar-refractivity contribution >= 4 is 5.91 Å². The molecule has 32 heavy (non-hydrogen) atoms. The van der Waals surface area contributed by atoms with Gasteiger partial charge in [-0.1, -0.05) is 45.1 Å². The highest BCUT2D eigenvalue weighted by molar-refractivity contribution is 5.75. The molecule has 1 aromatic carbocycles. The zero-order valence-corrected chi connectivity index (χ0v) is 20.1. The van der Waals surface area contributed by atoms with Crippen molar-refractivity contribution < 1.29 is 15.0 Å². The summed E-state index contributed by atoms with van der Waals surface area (Å²) in [6.07, 6.45) is 14.5. The molecule has 3 aliphatic carbocycles. The molecule has 4 nitrogen and oxygen atoms in total. The van der Waals surface area contributed by atoms with E-state index in [2.05, 4.69) is 18.3 Å². The van der Waals surface area contributed by atoms with Crippen molar-refractivity contribution in [3.8, 4) is 5.75 Å². The van der Waals surface area contributed by atoms with E-state index in [1.807, 2.05) is 12.1 Å².